The first-order valence-electron chi connectivity index (χ1n) is 21.6. The third-order valence-electron chi connectivity index (χ3n) is 13.0. The van der Waals surface area contributed by atoms with Crippen molar-refractivity contribution in [3.8, 4) is 11.5 Å². The Hall–Kier alpha value is -3.22. The Bertz CT molecular complexity index is 2040. The minimum atomic E-state index is -0.924. The van der Waals surface area contributed by atoms with Crippen LogP contribution in [-0.4, -0.2) is 45.5 Å². The Morgan fingerprint density at radius 1 is 0.746 bits per heavy atom. The van der Waals surface area contributed by atoms with Crippen molar-refractivity contribution in [3.05, 3.63) is 129 Å². The zero-order valence-electron chi connectivity index (χ0n) is 33.8. The molecule has 1 N–H and O–H groups in total. The molecule has 0 bridgehead atoms. The number of aldehydes is 1. The van der Waals surface area contributed by atoms with Crippen LogP contribution in [0, 0.1) is 5.92 Å². The number of aryl methyl sites for hydroxylation is 3. The van der Waals surface area contributed by atoms with Gasteiger partial charge in [0.1, 0.15) is 12.4 Å². The molecule has 0 spiro atoms. The van der Waals surface area contributed by atoms with E-state index in [0.29, 0.717) is 17.9 Å². The maximum atomic E-state index is 11.6. The molecule has 4 aromatic rings. The lowest BCUT2D eigenvalue weighted by Gasteiger charge is -2.26. The number of carbonyl (C=O) groups is 2. The molecule has 9 heteroatoms. The number of carbonyl (C=O) groups excluding carboxylic acids is 1. The molecule has 0 saturated heterocycles. The van der Waals surface area contributed by atoms with E-state index in [1.807, 2.05) is 36.4 Å². The molecule has 4 aromatic carbocycles. The number of alkyl halides is 4. The van der Waals surface area contributed by atoms with Gasteiger partial charge >= 0.3 is 5.97 Å². The number of halogens is 4. The minimum absolute atomic E-state index is 0.00904. The highest BCUT2D eigenvalue weighted by atomic mass is 35.5. The third-order valence-corrected chi connectivity index (χ3v) is 14.9. The molecule has 9 unspecified atom stereocenters. The first kappa shape index (κ1) is 43.9. The van der Waals surface area contributed by atoms with Gasteiger partial charge in [-0.25, -0.2) is 0 Å². The van der Waals surface area contributed by atoms with E-state index >= 15 is 0 Å². The molecule has 3 aliphatic carbocycles. The van der Waals surface area contributed by atoms with Gasteiger partial charge in [-0.3, -0.25) is 9.59 Å². The molecule has 2 fully saturated rings. The molecule has 5 nitrogen and oxygen atoms in total. The standard InChI is InChI=1S/C50H56Cl4O5/c1-2-3-4-5-9-31-14-16-33(17-15-31)49-42(53)29-43(54)50(49)36-20-23-45(46(27-36)58-25-24-47(56)57)59-44-22-19-34-26-35(18-21-38(34)44)48-39(40(51)28-41(48)52)13-8-12-32-10-6-7-11-37(32)30-55/h6-7,10-11,14-18,20-21,23,26-27,30,39-44,48-50H,2-5,8-9,12-13,19,22,24-25,28-29H2,1H3,(H,56,57). The van der Waals surface area contributed by atoms with Crippen molar-refractivity contribution in [3.63, 3.8) is 0 Å². The molecule has 0 radical (unpaired) electrons. The molecule has 2 saturated carbocycles. The summed E-state index contributed by atoms with van der Waals surface area (Å²) in [6.45, 7) is 2.25. The van der Waals surface area contributed by atoms with Crippen LogP contribution in [0.4, 0.5) is 0 Å². The number of carboxylic acid groups (broad SMARTS) is 1. The van der Waals surface area contributed by atoms with Crippen LogP contribution in [0.5, 0.6) is 11.5 Å². The van der Waals surface area contributed by atoms with E-state index in [-0.39, 0.29) is 64.3 Å². The number of unbranched alkanes of at least 4 members (excludes halogenated alkanes) is 3. The average Bonchev–Trinajstić information content (AvgIpc) is 3.87. The Morgan fingerprint density at radius 2 is 1.44 bits per heavy atom. The quantitative estimate of drug-likeness (QED) is 0.0577. The van der Waals surface area contributed by atoms with Gasteiger partial charge in [0.25, 0.3) is 0 Å². The molecule has 0 amide bonds. The zero-order chi connectivity index (χ0) is 41.5. The van der Waals surface area contributed by atoms with E-state index in [1.54, 1.807) is 0 Å². The molecule has 59 heavy (non-hydrogen) atoms. The van der Waals surface area contributed by atoms with Gasteiger partial charge in [-0.1, -0.05) is 99.0 Å². The maximum Gasteiger partial charge on any atom is 0.306 e. The van der Waals surface area contributed by atoms with Crippen LogP contribution in [0.1, 0.15) is 144 Å². The molecule has 0 aliphatic heterocycles. The summed E-state index contributed by atoms with van der Waals surface area (Å²) in [7, 11) is 0. The summed E-state index contributed by atoms with van der Waals surface area (Å²) in [5.74, 6) is 0.503. The first-order valence-corrected chi connectivity index (χ1v) is 23.4. The van der Waals surface area contributed by atoms with E-state index < -0.39 is 5.97 Å². The van der Waals surface area contributed by atoms with Gasteiger partial charge in [0.2, 0.25) is 0 Å². The predicted molar refractivity (Wildman–Crippen MR) is 241 cm³/mol. The predicted octanol–water partition coefficient (Wildman–Crippen LogP) is 13.4. The summed E-state index contributed by atoms with van der Waals surface area (Å²) < 4.78 is 13.0. The topological polar surface area (TPSA) is 72.8 Å². The van der Waals surface area contributed by atoms with Crippen LogP contribution in [-0.2, 0) is 24.1 Å². The largest absolute Gasteiger partial charge is 0.489 e. The van der Waals surface area contributed by atoms with Crippen LogP contribution < -0.4 is 9.47 Å². The molecule has 3 aliphatic rings. The van der Waals surface area contributed by atoms with Gasteiger partial charge in [0.05, 0.1) is 13.0 Å². The monoisotopic (exact) mass is 876 g/mol. The third kappa shape index (κ3) is 10.5. The lowest BCUT2D eigenvalue weighted by atomic mass is 9.83. The fraction of sp³-hybridized carbons (Fsp3) is 0.480. The molecular weight excluding hydrogens is 822 g/mol. The van der Waals surface area contributed by atoms with Gasteiger partial charge in [0, 0.05) is 44.8 Å². The van der Waals surface area contributed by atoms with Gasteiger partial charge in [-0.15, -0.1) is 46.4 Å². The van der Waals surface area contributed by atoms with Gasteiger partial charge < -0.3 is 14.6 Å². The van der Waals surface area contributed by atoms with E-state index in [0.717, 1.165) is 73.5 Å². The highest BCUT2D eigenvalue weighted by Gasteiger charge is 2.44. The first-order chi connectivity index (χ1) is 28.6. The summed E-state index contributed by atoms with van der Waals surface area (Å²) in [6, 6.07) is 29.4. The number of hydrogen-bond acceptors (Lipinski definition) is 4. The average molecular weight is 879 g/mol. The van der Waals surface area contributed by atoms with Crippen molar-refractivity contribution < 1.29 is 24.2 Å². The fourth-order valence-electron chi connectivity index (χ4n) is 9.98. The second-order valence-electron chi connectivity index (χ2n) is 16.8. The van der Waals surface area contributed by atoms with E-state index in [1.165, 1.54) is 47.9 Å². The minimum Gasteiger partial charge on any atom is -0.489 e. The second-order valence-corrected chi connectivity index (χ2v) is 19.1. The SMILES string of the molecule is CCCCCCc1ccc(C2C(Cl)CC(Cl)C2c2ccc(OC3CCc4cc(C5C(Cl)CC(Cl)C5CCCc5ccccc5C=O)ccc43)c(OCCC(=O)O)c2)cc1. The van der Waals surface area contributed by atoms with Gasteiger partial charge in [-0.05, 0) is 115 Å². The smallest absolute Gasteiger partial charge is 0.306 e. The molecule has 0 heterocycles. The number of carboxylic acids is 1. The van der Waals surface area contributed by atoms with Crippen molar-refractivity contribution in [1.29, 1.82) is 0 Å². The zero-order valence-corrected chi connectivity index (χ0v) is 36.9. The summed E-state index contributed by atoms with van der Waals surface area (Å²) in [6.07, 6.45) is 12.4. The Labute approximate surface area is 370 Å². The number of rotatable bonds is 19. The summed E-state index contributed by atoms with van der Waals surface area (Å²) >= 11 is 28.2. The van der Waals surface area contributed by atoms with Crippen LogP contribution in [0.3, 0.4) is 0 Å². The Kier molecular flexibility index (Phi) is 15.3. The molecule has 0 aromatic heterocycles. The van der Waals surface area contributed by atoms with Crippen LogP contribution in [0.15, 0.2) is 84.9 Å². The number of hydrogen-bond donors (Lipinski definition) is 1. The lowest BCUT2D eigenvalue weighted by molar-refractivity contribution is -0.137. The van der Waals surface area contributed by atoms with Gasteiger partial charge in [0.15, 0.2) is 11.5 Å². The normalized spacial score (nSPS) is 26.2. The fourth-order valence-corrected chi connectivity index (χ4v) is 12.1. The summed E-state index contributed by atoms with van der Waals surface area (Å²) in [5.41, 5.74) is 8.94. The second kappa shape index (κ2) is 20.6. The van der Waals surface area contributed by atoms with Crippen molar-refractivity contribution in [2.24, 2.45) is 5.92 Å². The molecule has 9 atom stereocenters. The van der Waals surface area contributed by atoms with E-state index in [9.17, 15) is 14.7 Å². The van der Waals surface area contributed by atoms with E-state index in [4.69, 9.17) is 55.9 Å². The van der Waals surface area contributed by atoms with Crippen molar-refractivity contribution in [2.45, 2.75) is 136 Å². The Morgan fingerprint density at radius 3 is 2.20 bits per heavy atom. The number of aliphatic carboxylic acids is 1. The van der Waals surface area contributed by atoms with Crippen molar-refractivity contribution >= 4 is 58.7 Å². The molecule has 7 rings (SSSR count). The van der Waals surface area contributed by atoms with Crippen LogP contribution in [0.2, 0.25) is 0 Å². The lowest BCUT2D eigenvalue weighted by Crippen LogP contribution is -2.17. The van der Waals surface area contributed by atoms with Gasteiger partial charge in [-0.2, -0.15) is 0 Å². The van der Waals surface area contributed by atoms with Crippen LogP contribution >= 0.6 is 46.4 Å². The Balaban J connectivity index is 1.07. The van der Waals surface area contributed by atoms with Crippen molar-refractivity contribution in [1.82, 2.24) is 0 Å². The number of ether oxygens (including phenoxy) is 2. The van der Waals surface area contributed by atoms with Crippen LogP contribution in [0.25, 0.3) is 0 Å². The molecule has 314 valence electrons. The highest BCUT2D eigenvalue weighted by molar-refractivity contribution is 6.26. The summed E-state index contributed by atoms with van der Waals surface area (Å²) in [5, 5.41) is 9.07. The van der Waals surface area contributed by atoms with E-state index in [2.05, 4.69) is 55.5 Å². The maximum absolute atomic E-state index is 11.6. The number of fused-ring (bicyclic) bond motifs is 1. The highest BCUT2D eigenvalue weighted by Crippen LogP contribution is 2.53. The van der Waals surface area contributed by atoms with Crippen molar-refractivity contribution in [2.75, 3.05) is 6.61 Å². The number of benzene rings is 4. The molecular formula is C50H56Cl4O5. The summed E-state index contributed by atoms with van der Waals surface area (Å²) in [4.78, 5) is 23.1.